The molecule has 4 nitrogen and oxygen atoms in total. The molecular formula is C21H22F2N2O2. The number of rotatable bonds is 3. The molecule has 2 amide bonds. The highest BCUT2D eigenvalue weighted by atomic mass is 19.1. The van der Waals surface area contributed by atoms with Gasteiger partial charge in [0, 0.05) is 18.7 Å². The summed E-state index contributed by atoms with van der Waals surface area (Å²) in [5.41, 5.74) is 1.37. The quantitative estimate of drug-likeness (QED) is 0.875. The molecule has 0 saturated carbocycles. The normalized spacial score (nSPS) is 17.3. The molecule has 1 atom stereocenters. The molecule has 2 aromatic carbocycles. The van der Waals surface area contributed by atoms with E-state index < -0.39 is 29.1 Å². The molecule has 2 aromatic rings. The monoisotopic (exact) mass is 372 g/mol. The predicted octanol–water partition coefficient (Wildman–Crippen LogP) is 4.25. The van der Waals surface area contributed by atoms with Gasteiger partial charge in [0.15, 0.2) is 0 Å². The van der Waals surface area contributed by atoms with Crippen LogP contribution in [0.5, 0.6) is 0 Å². The topological polar surface area (TPSA) is 49.4 Å². The molecular weight excluding hydrogens is 350 g/mol. The van der Waals surface area contributed by atoms with Crippen LogP contribution in [0.2, 0.25) is 0 Å². The van der Waals surface area contributed by atoms with Gasteiger partial charge >= 0.3 is 0 Å². The van der Waals surface area contributed by atoms with Gasteiger partial charge < -0.3 is 10.2 Å². The molecule has 1 aliphatic heterocycles. The van der Waals surface area contributed by atoms with E-state index in [1.807, 2.05) is 24.3 Å². The second-order valence-electron chi connectivity index (χ2n) is 7.79. The third-order valence-electron chi connectivity index (χ3n) is 4.72. The second-order valence-corrected chi connectivity index (χ2v) is 7.79. The van der Waals surface area contributed by atoms with E-state index in [4.69, 9.17) is 0 Å². The fraction of sp³-hybridized carbons (Fsp3) is 0.333. The van der Waals surface area contributed by atoms with Crippen molar-refractivity contribution in [2.45, 2.75) is 32.6 Å². The molecule has 1 aliphatic rings. The molecule has 1 saturated heterocycles. The number of benzene rings is 2. The van der Waals surface area contributed by atoms with E-state index in [0.717, 1.165) is 22.6 Å². The summed E-state index contributed by atoms with van der Waals surface area (Å²) in [7, 11) is 0. The predicted molar refractivity (Wildman–Crippen MR) is 101 cm³/mol. The highest BCUT2D eigenvalue weighted by Gasteiger charge is 2.37. The number of nitrogens with one attached hydrogen (secondary N) is 1. The lowest BCUT2D eigenvalue weighted by Gasteiger charge is -2.20. The Morgan fingerprint density at radius 3 is 2.22 bits per heavy atom. The molecule has 0 aromatic heterocycles. The van der Waals surface area contributed by atoms with Crippen LogP contribution in [0.25, 0.3) is 0 Å². The zero-order chi connectivity index (χ0) is 19.8. The van der Waals surface area contributed by atoms with Gasteiger partial charge in [0.1, 0.15) is 17.3 Å². The van der Waals surface area contributed by atoms with Crippen molar-refractivity contribution in [1.29, 1.82) is 0 Å². The largest absolute Gasteiger partial charge is 0.326 e. The minimum atomic E-state index is -0.817. The zero-order valence-corrected chi connectivity index (χ0v) is 15.6. The van der Waals surface area contributed by atoms with Gasteiger partial charge in [-0.05, 0) is 35.2 Å². The molecule has 1 fully saturated rings. The zero-order valence-electron chi connectivity index (χ0n) is 15.6. The number of para-hydroxylation sites is 1. The van der Waals surface area contributed by atoms with Crippen molar-refractivity contribution in [2.75, 3.05) is 16.8 Å². The number of hydrogen-bond donors (Lipinski definition) is 1. The van der Waals surface area contributed by atoms with Crippen molar-refractivity contribution in [3.8, 4) is 0 Å². The van der Waals surface area contributed by atoms with Crippen LogP contribution in [-0.2, 0) is 15.0 Å². The first-order chi connectivity index (χ1) is 12.7. The summed E-state index contributed by atoms with van der Waals surface area (Å²) < 4.78 is 27.9. The summed E-state index contributed by atoms with van der Waals surface area (Å²) in [6, 6.07) is 10.9. The third-order valence-corrected chi connectivity index (χ3v) is 4.72. The fourth-order valence-electron chi connectivity index (χ4n) is 3.14. The number of halogens is 2. The summed E-state index contributed by atoms with van der Waals surface area (Å²) in [5.74, 6) is -3.11. The third kappa shape index (κ3) is 3.99. The average molecular weight is 372 g/mol. The highest BCUT2D eigenvalue weighted by Crippen LogP contribution is 2.30. The minimum Gasteiger partial charge on any atom is -0.326 e. The summed E-state index contributed by atoms with van der Waals surface area (Å²) in [5, 5.41) is 2.78. The maximum atomic E-state index is 14.0. The van der Waals surface area contributed by atoms with Gasteiger partial charge in [0.05, 0.1) is 5.92 Å². The fourth-order valence-corrected chi connectivity index (χ4v) is 3.14. The molecule has 142 valence electrons. The Hall–Kier alpha value is -2.76. The van der Waals surface area contributed by atoms with Crippen LogP contribution in [0, 0.1) is 17.6 Å². The lowest BCUT2D eigenvalue weighted by molar-refractivity contribution is -0.122. The van der Waals surface area contributed by atoms with Gasteiger partial charge in [-0.25, -0.2) is 8.78 Å². The van der Waals surface area contributed by atoms with Crippen molar-refractivity contribution in [3.05, 3.63) is 59.7 Å². The van der Waals surface area contributed by atoms with Crippen LogP contribution in [0.3, 0.4) is 0 Å². The number of anilines is 2. The molecule has 0 bridgehead atoms. The molecule has 1 N–H and O–H groups in total. The van der Waals surface area contributed by atoms with Crippen LogP contribution in [0.1, 0.15) is 32.8 Å². The van der Waals surface area contributed by atoms with Crippen molar-refractivity contribution < 1.29 is 18.4 Å². The van der Waals surface area contributed by atoms with Crippen molar-refractivity contribution in [3.63, 3.8) is 0 Å². The highest BCUT2D eigenvalue weighted by molar-refractivity contribution is 6.03. The minimum absolute atomic E-state index is 0.00470. The molecule has 0 spiro atoms. The van der Waals surface area contributed by atoms with Gasteiger partial charge in [-0.2, -0.15) is 0 Å². The average Bonchev–Trinajstić information content (AvgIpc) is 2.96. The van der Waals surface area contributed by atoms with Crippen molar-refractivity contribution in [1.82, 2.24) is 0 Å². The van der Waals surface area contributed by atoms with Gasteiger partial charge in [0.2, 0.25) is 11.8 Å². The Kier molecular flexibility index (Phi) is 5.00. The molecule has 1 heterocycles. The molecule has 0 aliphatic carbocycles. The van der Waals surface area contributed by atoms with E-state index in [0.29, 0.717) is 5.69 Å². The van der Waals surface area contributed by atoms with Gasteiger partial charge in [0.25, 0.3) is 0 Å². The van der Waals surface area contributed by atoms with Gasteiger partial charge in [-0.3, -0.25) is 9.59 Å². The van der Waals surface area contributed by atoms with E-state index in [2.05, 4.69) is 26.1 Å². The second kappa shape index (κ2) is 7.10. The van der Waals surface area contributed by atoms with Crippen LogP contribution in [-0.4, -0.2) is 18.4 Å². The Morgan fingerprint density at radius 2 is 1.67 bits per heavy atom. The van der Waals surface area contributed by atoms with Gasteiger partial charge in [-0.1, -0.05) is 39.0 Å². The summed E-state index contributed by atoms with van der Waals surface area (Å²) in [4.78, 5) is 25.7. The smallest absolute Gasteiger partial charge is 0.229 e. The summed E-state index contributed by atoms with van der Waals surface area (Å²) >= 11 is 0. The first-order valence-corrected chi connectivity index (χ1v) is 8.82. The SMILES string of the molecule is CC(C)(C)c1ccc(NC(=O)C2CC(=O)N(c3c(F)cccc3F)C2)cc1. The number of carbonyl (C=O) groups is 2. The molecule has 6 heteroatoms. The van der Waals surface area contributed by atoms with E-state index in [1.54, 1.807) is 0 Å². The van der Waals surface area contributed by atoms with E-state index in [-0.39, 0.29) is 24.3 Å². The van der Waals surface area contributed by atoms with Gasteiger partial charge in [-0.15, -0.1) is 0 Å². The first-order valence-electron chi connectivity index (χ1n) is 8.82. The molecule has 0 radical (unpaired) electrons. The van der Waals surface area contributed by atoms with Crippen molar-refractivity contribution >= 4 is 23.2 Å². The Bertz CT molecular complexity index is 852. The summed E-state index contributed by atoms with van der Waals surface area (Å²) in [6.07, 6.45) is -0.0836. The van der Waals surface area contributed by atoms with Crippen LogP contribution in [0.15, 0.2) is 42.5 Å². The van der Waals surface area contributed by atoms with E-state index in [1.165, 1.54) is 6.07 Å². The Labute approximate surface area is 157 Å². The molecule has 3 rings (SSSR count). The Balaban J connectivity index is 1.71. The lowest BCUT2D eigenvalue weighted by atomic mass is 9.87. The standard InChI is InChI=1S/C21H22F2N2O2/c1-21(2,3)14-7-9-15(10-8-14)24-20(27)13-11-18(26)25(12-13)19-16(22)5-4-6-17(19)23/h4-10,13H,11-12H2,1-3H3,(H,24,27). The van der Waals surface area contributed by atoms with Crippen molar-refractivity contribution in [2.24, 2.45) is 5.92 Å². The molecule has 1 unspecified atom stereocenters. The van der Waals surface area contributed by atoms with E-state index in [9.17, 15) is 18.4 Å². The summed E-state index contributed by atoms with van der Waals surface area (Å²) in [6.45, 7) is 6.24. The van der Waals surface area contributed by atoms with Crippen LogP contribution >= 0.6 is 0 Å². The van der Waals surface area contributed by atoms with Crippen LogP contribution in [0.4, 0.5) is 20.2 Å². The first kappa shape index (κ1) is 19.0. The molecule has 27 heavy (non-hydrogen) atoms. The number of carbonyl (C=O) groups excluding carboxylic acids is 2. The number of nitrogens with zero attached hydrogens (tertiary/aromatic N) is 1. The lowest BCUT2D eigenvalue weighted by Crippen LogP contribution is -2.29. The maximum absolute atomic E-state index is 14.0. The maximum Gasteiger partial charge on any atom is 0.229 e. The van der Waals surface area contributed by atoms with Crippen LogP contribution < -0.4 is 10.2 Å². The Morgan fingerprint density at radius 1 is 1.07 bits per heavy atom. The number of amides is 2. The van der Waals surface area contributed by atoms with E-state index >= 15 is 0 Å². The number of hydrogen-bond acceptors (Lipinski definition) is 2.